The zero-order valence-electron chi connectivity index (χ0n) is 12.1. The van der Waals surface area contributed by atoms with Crippen molar-refractivity contribution in [1.82, 2.24) is 15.5 Å². The fraction of sp³-hybridized carbons (Fsp3) is 0.188. The van der Waals surface area contributed by atoms with Crippen LogP contribution in [0.25, 0.3) is 0 Å². The molecule has 22 heavy (non-hydrogen) atoms. The number of hydrogen-bond acceptors (Lipinski definition) is 4. The van der Waals surface area contributed by atoms with Gasteiger partial charge in [0.15, 0.2) is 5.69 Å². The van der Waals surface area contributed by atoms with Gasteiger partial charge in [0.1, 0.15) is 5.82 Å². The van der Waals surface area contributed by atoms with E-state index in [9.17, 15) is 4.79 Å². The first-order valence-corrected chi connectivity index (χ1v) is 7.28. The summed E-state index contributed by atoms with van der Waals surface area (Å²) >= 11 is 5.92. The predicted octanol–water partition coefficient (Wildman–Crippen LogP) is 2.70. The summed E-state index contributed by atoms with van der Waals surface area (Å²) in [6, 6.07) is 10.9. The minimum atomic E-state index is -0.246. The molecule has 1 aromatic heterocycles. The van der Waals surface area contributed by atoms with Crippen LogP contribution in [-0.4, -0.2) is 29.2 Å². The van der Waals surface area contributed by atoms with E-state index in [1.54, 1.807) is 18.2 Å². The maximum absolute atomic E-state index is 12.0. The molecule has 6 heteroatoms. The third kappa shape index (κ3) is 4.86. The minimum absolute atomic E-state index is 0.246. The predicted molar refractivity (Wildman–Crippen MR) is 88.2 cm³/mol. The van der Waals surface area contributed by atoms with Gasteiger partial charge in [-0.05, 0) is 36.2 Å². The van der Waals surface area contributed by atoms with Crippen LogP contribution in [-0.2, 0) is 6.42 Å². The van der Waals surface area contributed by atoms with Crippen LogP contribution in [0.2, 0.25) is 5.02 Å². The summed E-state index contributed by atoms with van der Waals surface area (Å²) in [5, 5.41) is 14.3. The molecule has 0 saturated heterocycles. The molecule has 0 unspecified atom stereocenters. The average molecular weight is 317 g/mol. The summed E-state index contributed by atoms with van der Waals surface area (Å²) in [7, 11) is 0. The Bertz CT molecular complexity index is 643. The molecule has 0 aliphatic carbocycles. The number of benzene rings is 1. The zero-order chi connectivity index (χ0) is 15.8. The van der Waals surface area contributed by atoms with E-state index in [1.807, 2.05) is 24.3 Å². The summed E-state index contributed by atoms with van der Waals surface area (Å²) in [6.07, 6.45) is 2.43. The molecule has 0 bridgehead atoms. The van der Waals surface area contributed by atoms with Gasteiger partial charge >= 0.3 is 0 Å². The lowest BCUT2D eigenvalue weighted by atomic mass is 10.1. The summed E-state index contributed by atoms with van der Waals surface area (Å²) in [6.45, 7) is 4.71. The maximum atomic E-state index is 12.0. The van der Waals surface area contributed by atoms with Crippen LogP contribution >= 0.6 is 11.6 Å². The molecule has 1 amide bonds. The molecule has 0 fully saturated rings. The van der Waals surface area contributed by atoms with Gasteiger partial charge in [0.25, 0.3) is 5.91 Å². The molecule has 114 valence electrons. The lowest BCUT2D eigenvalue weighted by molar-refractivity contribution is 0.0948. The molecule has 5 nitrogen and oxygen atoms in total. The fourth-order valence-electron chi connectivity index (χ4n) is 1.83. The number of rotatable bonds is 7. The second-order valence-corrected chi connectivity index (χ2v) is 5.05. The minimum Gasteiger partial charge on any atom is -0.365 e. The molecule has 0 atom stereocenters. The first kappa shape index (κ1) is 16.0. The normalized spacial score (nSPS) is 10.0. The highest BCUT2D eigenvalue weighted by Crippen LogP contribution is 2.10. The van der Waals surface area contributed by atoms with Gasteiger partial charge in [-0.15, -0.1) is 16.8 Å². The van der Waals surface area contributed by atoms with Gasteiger partial charge in [0.05, 0.1) is 0 Å². The molecule has 0 saturated carbocycles. The topological polar surface area (TPSA) is 66.9 Å². The van der Waals surface area contributed by atoms with Gasteiger partial charge < -0.3 is 10.6 Å². The van der Waals surface area contributed by atoms with Crippen LogP contribution in [0, 0.1) is 0 Å². The van der Waals surface area contributed by atoms with E-state index in [1.165, 1.54) is 0 Å². The summed E-state index contributed by atoms with van der Waals surface area (Å²) in [4.78, 5) is 12.0. The number of hydrogen-bond donors (Lipinski definition) is 2. The molecule has 2 N–H and O–H groups in total. The molecule has 0 radical (unpaired) electrons. The Morgan fingerprint density at radius 2 is 2.14 bits per heavy atom. The number of halogens is 1. The van der Waals surface area contributed by atoms with Crippen molar-refractivity contribution >= 4 is 23.3 Å². The lowest BCUT2D eigenvalue weighted by Gasteiger charge is -2.06. The van der Waals surface area contributed by atoms with E-state index in [0.717, 1.165) is 5.56 Å². The van der Waals surface area contributed by atoms with Crippen molar-refractivity contribution in [3.8, 4) is 0 Å². The standard InChI is InChI=1S/C16H17ClN4O/c1-2-9-18-15-7-6-14(20-21-15)16(22)19-10-8-12-4-3-5-13(17)11-12/h2-7,11H,1,8-10H2,(H,18,21)(H,19,22). The highest BCUT2D eigenvalue weighted by atomic mass is 35.5. The van der Waals surface area contributed by atoms with E-state index in [2.05, 4.69) is 27.4 Å². The van der Waals surface area contributed by atoms with Crippen LogP contribution in [0.1, 0.15) is 16.1 Å². The highest BCUT2D eigenvalue weighted by Gasteiger charge is 2.07. The molecule has 0 aliphatic rings. The van der Waals surface area contributed by atoms with Gasteiger partial charge in [-0.2, -0.15) is 0 Å². The van der Waals surface area contributed by atoms with Gasteiger partial charge in [-0.25, -0.2) is 0 Å². The van der Waals surface area contributed by atoms with Crippen molar-refractivity contribution in [1.29, 1.82) is 0 Å². The fourth-order valence-corrected chi connectivity index (χ4v) is 2.04. The number of amides is 1. The van der Waals surface area contributed by atoms with E-state index in [-0.39, 0.29) is 11.6 Å². The first-order valence-electron chi connectivity index (χ1n) is 6.90. The van der Waals surface area contributed by atoms with E-state index in [4.69, 9.17) is 11.6 Å². The Balaban J connectivity index is 1.83. The number of anilines is 1. The van der Waals surface area contributed by atoms with Gasteiger partial charge in [-0.1, -0.05) is 29.8 Å². The zero-order valence-corrected chi connectivity index (χ0v) is 12.8. The molecular weight excluding hydrogens is 300 g/mol. The lowest BCUT2D eigenvalue weighted by Crippen LogP contribution is -2.26. The molecular formula is C16H17ClN4O. The Morgan fingerprint density at radius 1 is 1.27 bits per heavy atom. The van der Waals surface area contributed by atoms with Gasteiger partial charge in [0, 0.05) is 18.1 Å². The number of carbonyl (C=O) groups excluding carboxylic acids is 1. The second-order valence-electron chi connectivity index (χ2n) is 4.61. The summed E-state index contributed by atoms with van der Waals surface area (Å²) in [5.74, 6) is 0.361. The Labute approximate surface area is 134 Å². The Kier molecular flexibility index (Phi) is 5.91. The van der Waals surface area contributed by atoms with Crippen molar-refractivity contribution in [2.75, 3.05) is 18.4 Å². The number of aromatic nitrogens is 2. The molecule has 1 heterocycles. The van der Waals surface area contributed by atoms with E-state index >= 15 is 0 Å². The highest BCUT2D eigenvalue weighted by molar-refractivity contribution is 6.30. The third-order valence-corrected chi connectivity index (χ3v) is 3.15. The van der Waals surface area contributed by atoms with Crippen molar-refractivity contribution in [2.45, 2.75) is 6.42 Å². The van der Waals surface area contributed by atoms with Crippen LogP contribution in [0.4, 0.5) is 5.82 Å². The van der Waals surface area contributed by atoms with Crippen molar-refractivity contribution in [3.63, 3.8) is 0 Å². The van der Waals surface area contributed by atoms with E-state index in [0.29, 0.717) is 30.4 Å². The third-order valence-electron chi connectivity index (χ3n) is 2.91. The maximum Gasteiger partial charge on any atom is 0.271 e. The quantitative estimate of drug-likeness (QED) is 0.771. The summed E-state index contributed by atoms with van der Waals surface area (Å²) in [5.41, 5.74) is 1.36. The average Bonchev–Trinajstić information content (AvgIpc) is 2.53. The first-order chi connectivity index (χ1) is 10.7. The van der Waals surface area contributed by atoms with Crippen molar-refractivity contribution in [3.05, 3.63) is 65.3 Å². The molecule has 0 spiro atoms. The Morgan fingerprint density at radius 3 is 2.82 bits per heavy atom. The van der Waals surface area contributed by atoms with E-state index < -0.39 is 0 Å². The van der Waals surface area contributed by atoms with Crippen molar-refractivity contribution in [2.24, 2.45) is 0 Å². The van der Waals surface area contributed by atoms with Crippen LogP contribution in [0.5, 0.6) is 0 Å². The largest absolute Gasteiger partial charge is 0.365 e. The van der Waals surface area contributed by atoms with Crippen molar-refractivity contribution < 1.29 is 4.79 Å². The van der Waals surface area contributed by atoms with Gasteiger partial charge in [-0.3, -0.25) is 4.79 Å². The Hall–Kier alpha value is -2.40. The number of nitrogens with one attached hydrogen (secondary N) is 2. The monoisotopic (exact) mass is 316 g/mol. The smallest absolute Gasteiger partial charge is 0.271 e. The molecule has 2 aromatic rings. The SMILES string of the molecule is C=CCNc1ccc(C(=O)NCCc2cccc(Cl)c2)nn1. The second kappa shape index (κ2) is 8.14. The summed E-state index contributed by atoms with van der Waals surface area (Å²) < 4.78 is 0. The molecule has 2 rings (SSSR count). The molecule has 1 aromatic carbocycles. The van der Waals surface area contributed by atoms with Crippen LogP contribution in [0.3, 0.4) is 0 Å². The van der Waals surface area contributed by atoms with Gasteiger partial charge in [0.2, 0.25) is 0 Å². The number of carbonyl (C=O) groups is 1. The van der Waals surface area contributed by atoms with Crippen LogP contribution < -0.4 is 10.6 Å². The molecule has 0 aliphatic heterocycles. The van der Waals surface area contributed by atoms with Crippen LogP contribution in [0.15, 0.2) is 49.1 Å². The number of nitrogens with zero attached hydrogens (tertiary/aromatic N) is 2.